The van der Waals surface area contributed by atoms with Gasteiger partial charge in [-0.25, -0.2) is 0 Å². The topological polar surface area (TPSA) is 43.8 Å². The maximum Gasteiger partial charge on any atom is 0.0623 e. The first kappa shape index (κ1) is 11.0. The van der Waals surface area contributed by atoms with Crippen LogP contribution in [-0.2, 0) is 6.54 Å². The highest BCUT2D eigenvalue weighted by Gasteiger charge is 1.94. The maximum absolute atomic E-state index is 5.41. The average Bonchev–Trinajstić information content (AvgIpc) is 2.51. The molecule has 1 rings (SSSR count). The highest BCUT2D eigenvalue weighted by atomic mass is 127. The fourth-order valence-electron chi connectivity index (χ4n) is 1.23. The smallest absolute Gasteiger partial charge is 0.0623 e. The van der Waals surface area contributed by atoms with Gasteiger partial charge in [-0.15, -0.1) is 0 Å². The molecule has 0 aliphatic heterocycles. The highest BCUT2D eigenvalue weighted by Crippen LogP contribution is 2.04. The van der Waals surface area contributed by atoms with Crippen LogP contribution in [0, 0.1) is 3.57 Å². The minimum absolute atomic E-state index is 0.819. The zero-order valence-electron chi connectivity index (χ0n) is 7.75. The van der Waals surface area contributed by atoms with E-state index in [1.165, 1.54) is 22.8 Å². The molecule has 0 radical (unpaired) electrons. The van der Waals surface area contributed by atoms with Gasteiger partial charge in [0.05, 0.1) is 9.77 Å². The van der Waals surface area contributed by atoms with E-state index >= 15 is 0 Å². The van der Waals surface area contributed by atoms with E-state index in [2.05, 4.69) is 33.9 Å². The summed E-state index contributed by atoms with van der Waals surface area (Å²) in [5, 5.41) is 4.22. The van der Waals surface area contributed by atoms with Crippen LogP contribution in [0.5, 0.6) is 0 Å². The molecule has 2 N–H and O–H groups in total. The standard InChI is InChI=1S/C9H16IN3/c10-9-7-12-13(8-9)6-4-2-1-3-5-11/h7-8H,1-6,11H2. The van der Waals surface area contributed by atoms with Crippen LogP contribution in [0.4, 0.5) is 0 Å². The van der Waals surface area contributed by atoms with Crippen molar-refractivity contribution in [1.82, 2.24) is 9.78 Å². The van der Waals surface area contributed by atoms with Gasteiger partial charge >= 0.3 is 0 Å². The molecule has 0 saturated carbocycles. The Morgan fingerprint density at radius 3 is 2.69 bits per heavy atom. The van der Waals surface area contributed by atoms with Crippen LogP contribution in [0.25, 0.3) is 0 Å². The number of nitrogens with two attached hydrogens (primary N) is 1. The van der Waals surface area contributed by atoms with Gasteiger partial charge in [0.2, 0.25) is 0 Å². The molecule has 4 heteroatoms. The van der Waals surface area contributed by atoms with E-state index in [0.717, 1.165) is 19.5 Å². The molecule has 1 aromatic rings. The van der Waals surface area contributed by atoms with E-state index in [1.807, 2.05) is 10.9 Å². The molecule has 0 fully saturated rings. The third kappa shape index (κ3) is 4.61. The van der Waals surface area contributed by atoms with Gasteiger partial charge in [-0.3, -0.25) is 4.68 Å². The second kappa shape index (κ2) is 6.37. The minimum atomic E-state index is 0.819. The molecule has 0 bridgehead atoms. The molecule has 1 aromatic heterocycles. The molecular weight excluding hydrogens is 277 g/mol. The van der Waals surface area contributed by atoms with Crippen LogP contribution in [0.3, 0.4) is 0 Å². The fourth-order valence-corrected chi connectivity index (χ4v) is 1.68. The molecule has 0 atom stereocenters. The fraction of sp³-hybridized carbons (Fsp3) is 0.667. The van der Waals surface area contributed by atoms with Crippen LogP contribution in [-0.4, -0.2) is 16.3 Å². The van der Waals surface area contributed by atoms with Gasteiger partial charge in [0.1, 0.15) is 0 Å². The van der Waals surface area contributed by atoms with E-state index in [9.17, 15) is 0 Å². The molecule has 13 heavy (non-hydrogen) atoms. The van der Waals surface area contributed by atoms with Gasteiger partial charge in [0, 0.05) is 12.7 Å². The number of nitrogens with zero attached hydrogens (tertiary/aromatic N) is 2. The maximum atomic E-state index is 5.41. The second-order valence-corrected chi connectivity index (χ2v) is 4.37. The third-order valence-corrected chi connectivity index (χ3v) is 2.50. The molecule has 0 aromatic carbocycles. The quantitative estimate of drug-likeness (QED) is 0.644. The number of rotatable bonds is 6. The lowest BCUT2D eigenvalue weighted by molar-refractivity contribution is 0.537. The molecule has 0 amide bonds. The zero-order valence-corrected chi connectivity index (χ0v) is 9.90. The summed E-state index contributed by atoms with van der Waals surface area (Å²) in [5.74, 6) is 0. The first-order chi connectivity index (χ1) is 6.33. The summed E-state index contributed by atoms with van der Waals surface area (Å²) >= 11 is 2.28. The Morgan fingerprint density at radius 2 is 2.08 bits per heavy atom. The van der Waals surface area contributed by atoms with Gasteiger partial charge in [0.25, 0.3) is 0 Å². The summed E-state index contributed by atoms with van der Waals surface area (Å²) in [4.78, 5) is 0. The first-order valence-electron chi connectivity index (χ1n) is 4.71. The average molecular weight is 293 g/mol. The van der Waals surface area contributed by atoms with Crippen LogP contribution < -0.4 is 5.73 Å². The Morgan fingerprint density at radius 1 is 1.31 bits per heavy atom. The SMILES string of the molecule is NCCCCCCn1cc(I)cn1. The lowest BCUT2D eigenvalue weighted by atomic mass is 10.2. The lowest BCUT2D eigenvalue weighted by Gasteiger charge is -2.00. The summed E-state index contributed by atoms with van der Waals surface area (Å²) < 4.78 is 3.21. The highest BCUT2D eigenvalue weighted by molar-refractivity contribution is 14.1. The van der Waals surface area contributed by atoms with E-state index in [-0.39, 0.29) is 0 Å². The second-order valence-electron chi connectivity index (χ2n) is 3.12. The minimum Gasteiger partial charge on any atom is -0.330 e. The molecule has 0 saturated heterocycles. The number of aromatic nitrogens is 2. The molecule has 1 heterocycles. The Kier molecular flexibility index (Phi) is 5.38. The molecule has 3 nitrogen and oxygen atoms in total. The monoisotopic (exact) mass is 293 g/mol. The number of aryl methyl sites for hydroxylation is 1. The zero-order chi connectivity index (χ0) is 9.52. The summed E-state index contributed by atoms with van der Waals surface area (Å²) in [6, 6.07) is 0. The molecule has 74 valence electrons. The Balaban J connectivity index is 2.06. The van der Waals surface area contributed by atoms with Crippen molar-refractivity contribution < 1.29 is 0 Å². The van der Waals surface area contributed by atoms with Crippen LogP contribution in [0.1, 0.15) is 25.7 Å². The number of unbranched alkanes of at least 4 members (excludes halogenated alkanes) is 3. The van der Waals surface area contributed by atoms with Gasteiger partial charge in [0.15, 0.2) is 0 Å². The van der Waals surface area contributed by atoms with Gasteiger partial charge in [-0.2, -0.15) is 5.10 Å². The van der Waals surface area contributed by atoms with Gasteiger partial charge in [-0.05, 0) is 42.0 Å². The Labute approximate surface area is 92.8 Å². The molecule has 0 aliphatic rings. The summed E-state index contributed by atoms with van der Waals surface area (Å²) in [6.45, 7) is 1.85. The van der Waals surface area contributed by atoms with Crippen molar-refractivity contribution in [3.05, 3.63) is 16.0 Å². The Bertz CT molecular complexity index is 235. The summed E-state index contributed by atoms with van der Waals surface area (Å²) in [6.07, 6.45) is 8.82. The van der Waals surface area contributed by atoms with E-state index in [4.69, 9.17) is 5.73 Å². The van der Waals surface area contributed by atoms with Crippen molar-refractivity contribution in [1.29, 1.82) is 0 Å². The van der Waals surface area contributed by atoms with Crippen molar-refractivity contribution in [2.24, 2.45) is 5.73 Å². The van der Waals surface area contributed by atoms with Crippen LogP contribution in [0.15, 0.2) is 12.4 Å². The van der Waals surface area contributed by atoms with Crippen molar-refractivity contribution >= 4 is 22.6 Å². The number of hydrogen-bond acceptors (Lipinski definition) is 2. The van der Waals surface area contributed by atoms with Crippen LogP contribution in [0.2, 0.25) is 0 Å². The molecule has 0 unspecified atom stereocenters. The largest absolute Gasteiger partial charge is 0.330 e. The van der Waals surface area contributed by atoms with Gasteiger partial charge in [-0.1, -0.05) is 12.8 Å². The lowest BCUT2D eigenvalue weighted by Crippen LogP contribution is -2.00. The van der Waals surface area contributed by atoms with Crippen molar-refractivity contribution in [2.45, 2.75) is 32.2 Å². The van der Waals surface area contributed by atoms with E-state index in [1.54, 1.807) is 0 Å². The summed E-state index contributed by atoms with van der Waals surface area (Å²) in [5.41, 5.74) is 5.41. The number of hydrogen-bond donors (Lipinski definition) is 1. The van der Waals surface area contributed by atoms with E-state index in [0.29, 0.717) is 0 Å². The molecular formula is C9H16IN3. The predicted molar refractivity (Wildman–Crippen MR) is 62.5 cm³/mol. The third-order valence-electron chi connectivity index (χ3n) is 1.94. The number of halogens is 1. The van der Waals surface area contributed by atoms with Crippen molar-refractivity contribution in [3.8, 4) is 0 Å². The Hall–Kier alpha value is -0.100. The van der Waals surface area contributed by atoms with Crippen molar-refractivity contribution in [2.75, 3.05) is 6.54 Å². The normalized spacial score (nSPS) is 10.6. The molecule has 0 spiro atoms. The molecule has 0 aliphatic carbocycles. The van der Waals surface area contributed by atoms with Crippen molar-refractivity contribution in [3.63, 3.8) is 0 Å². The first-order valence-corrected chi connectivity index (χ1v) is 5.79. The summed E-state index contributed by atoms with van der Waals surface area (Å²) in [7, 11) is 0. The van der Waals surface area contributed by atoms with Gasteiger partial charge < -0.3 is 5.73 Å². The van der Waals surface area contributed by atoms with Crippen LogP contribution >= 0.6 is 22.6 Å². The predicted octanol–water partition coefficient (Wildman–Crippen LogP) is 2.01. The van der Waals surface area contributed by atoms with E-state index < -0.39 is 0 Å².